The Morgan fingerprint density at radius 3 is 2.56 bits per heavy atom. The smallest absolute Gasteiger partial charge is 0.126 e. The fraction of sp³-hybridized carbons (Fsp3) is 0.182. The van der Waals surface area contributed by atoms with E-state index in [2.05, 4.69) is 40.9 Å². The first-order valence-corrected chi connectivity index (χ1v) is 7.22. The zero-order valence-corrected chi connectivity index (χ0v) is 10.8. The zero-order chi connectivity index (χ0) is 11.5. The molecule has 3 N–H and O–H groups in total. The highest BCUT2D eigenvalue weighted by Crippen LogP contribution is 2.35. The second kappa shape index (κ2) is 4.84. The number of anilines is 1. The number of aromatic amines is 1. The molecule has 1 heterocycles. The molecule has 5 heteroatoms. The molecule has 0 saturated heterocycles. The van der Waals surface area contributed by atoms with Crippen molar-refractivity contribution in [1.82, 2.24) is 10.2 Å². The molecule has 3 nitrogen and oxygen atoms in total. The fourth-order valence-corrected chi connectivity index (χ4v) is 2.69. The average Bonchev–Trinajstić information content (AvgIpc) is 2.74. The van der Waals surface area contributed by atoms with Crippen LogP contribution in [0.1, 0.15) is 0 Å². The highest BCUT2D eigenvalue weighted by atomic mass is 32.2. The summed E-state index contributed by atoms with van der Waals surface area (Å²) in [5.74, 6) is 0.618. The van der Waals surface area contributed by atoms with Crippen molar-refractivity contribution in [3.63, 3.8) is 0 Å². The summed E-state index contributed by atoms with van der Waals surface area (Å²) < 4.78 is 0. The van der Waals surface area contributed by atoms with E-state index in [9.17, 15) is 0 Å². The lowest BCUT2D eigenvalue weighted by atomic mass is 10.1. The van der Waals surface area contributed by atoms with Crippen LogP contribution in [0.5, 0.6) is 0 Å². The van der Waals surface area contributed by atoms with Crippen LogP contribution in [0.15, 0.2) is 34.2 Å². The normalized spacial score (nSPS) is 10.6. The number of nitrogen functional groups attached to an aromatic ring is 1. The number of nitrogens with zero attached hydrogens (tertiary/aromatic N) is 1. The van der Waals surface area contributed by atoms with Crippen molar-refractivity contribution in [1.29, 1.82) is 0 Å². The second-order valence-corrected chi connectivity index (χ2v) is 4.99. The summed E-state index contributed by atoms with van der Waals surface area (Å²) in [6, 6.07) is 6.38. The molecular weight excluding hydrogens is 238 g/mol. The summed E-state index contributed by atoms with van der Waals surface area (Å²) in [6.07, 6.45) is 5.91. The summed E-state index contributed by atoms with van der Waals surface area (Å²) in [6.45, 7) is 0. The van der Waals surface area contributed by atoms with Crippen LogP contribution in [0.25, 0.3) is 11.1 Å². The Balaban J connectivity index is 2.53. The van der Waals surface area contributed by atoms with E-state index in [0.29, 0.717) is 5.82 Å². The molecule has 0 saturated carbocycles. The van der Waals surface area contributed by atoms with Gasteiger partial charge in [0.1, 0.15) is 5.82 Å². The van der Waals surface area contributed by atoms with Crippen LogP contribution in [0, 0.1) is 0 Å². The van der Waals surface area contributed by atoms with Gasteiger partial charge in [0.25, 0.3) is 0 Å². The molecule has 0 spiro atoms. The average molecular weight is 251 g/mol. The monoisotopic (exact) mass is 251 g/mol. The minimum absolute atomic E-state index is 0.618. The van der Waals surface area contributed by atoms with E-state index < -0.39 is 0 Å². The molecule has 0 atom stereocenters. The number of thioether (sulfide) groups is 2. The summed E-state index contributed by atoms with van der Waals surface area (Å²) in [5.41, 5.74) is 7.94. The summed E-state index contributed by atoms with van der Waals surface area (Å²) in [4.78, 5) is 2.48. The Bertz CT molecular complexity index is 494. The molecule has 0 aliphatic heterocycles. The van der Waals surface area contributed by atoms with Gasteiger partial charge in [0.05, 0.1) is 6.20 Å². The van der Waals surface area contributed by atoms with Crippen molar-refractivity contribution in [3.8, 4) is 11.1 Å². The van der Waals surface area contributed by atoms with Gasteiger partial charge in [-0.3, -0.25) is 5.10 Å². The van der Waals surface area contributed by atoms with Crippen LogP contribution in [-0.4, -0.2) is 22.7 Å². The molecule has 0 amide bonds. The molecular formula is C11H13N3S2. The molecule has 1 aromatic carbocycles. The number of nitrogens with one attached hydrogen (secondary N) is 1. The Hall–Kier alpha value is -1.07. The van der Waals surface area contributed by atoms with Crippen LogP contribution >= 0.6 is 23.5 Å². The van der Waals surface area contributed by atoms with Gasteiger partial charge in [-0.2, -0.15) is 5.10 Å². The van der Waals surface area contributed by atoms with Crippen molar-refractivity contribution in [2.24, 2.45) is 0 Å². The number of benzene rings is 1. The van der Waals surface area contributed by atoms with Gasteiger partial charge in [0, 0.05) is 20.9 Å². The highest BCUT2D eigenvalue weighted by molar-refractivity contribution is 7.99. The van der Waals surface area contributed by atoms with Gasteiger partial charge in [-0.05, 0) is 24.6 Å². The van der Waals surface area contributed by atoms with E-state index in [0.717, 1.165) is 11.1 Å². The van der Waals surface area contributed by atoms with Gasteiger partial charge in [-0.25, -0.2) is 0 Å². The van der Waals surface area contributed by atoms with Crippen molar-refractivity contribution in [2.45, 2.75) is 9.79 Å². The third kappa shape index (κ3) is 2.05. The van der Waals surface area contributed by atoms with E-state index in [-0.39, 0.29) is 0 Å². The third-order valence-electron chi connectivity index (χ3n) is 2.37. The quantitative estimate of drug-likeness (QED) is 0.823. The maximum absolute atomic E-state index is 5.83. The maximum Gasteiger partial charge on any atom is 0.126 e. The van der Waals surface area contributed by atoms with Crippen LogP contribution in [0.4, 0.5) is 5.82 Å². The molecule has 0 aliphatic rings. The molecule has 0 fully saturated rings. The largest absolute Gasteiger partial charge is 0.384 e. The molecule has 1 aromatic heterocycles. The third-order valence-corrected chi connectivity index (χ3v) is 3.87. The maximum atomic E-state index is 5.83. The van der Waals surface area contributed by atoms with Crippen molar-refractivity contribution in [2.75, 3.05) is 18.2 Å². The van der Waals surface area contributed by atoms with Gasteiger partial charge in [0.15, 0.2) is 0 Å². The van der Waals surface area contributed by atoms with Gasteiger partial charge in [-0.1, -0.05) is 6.07 Å². The number of hydrogen-bond donors (Lipinski definition) is 2. The predicted molar refractivity (Wildman–Crippen MR) is 72.0 cm³/mol. The fourth-order valence-electron chi connectivity index (χ4n) is 1.53. The number of H-pyrrole nitrogens is 1. The lowest BCUT2D eigenvalue weighted by Gasteiger charge is -2.08. The van der Waals surface area contributed by atoms with E-state index in [1.165, 1.54) is 9.79 Å². The lowest BCUT2D eigenvalue weighted by molar-refractivity contribution is 1.10. The van der Waals surface area contributed by atoms with Gasteiger partial charge in [0.2, 0.25) is 0 Å². The molecule has 2 rings (SSSR count). The van der Waals surface area contributed by atoms with E-state index in [1.54, 1.807) is 29.7 Å². The Kier molecular flexibility index (Phi) is 3.46. The van der Waals surface area contributed by atoms with Crippen molar-refractivity contribution >= 4 is 29.3 Å². The Morgan fingerprint density at radius 2 is 2.00 bits per heavy atom. The van der Waals surface area contributed by atoms with Gasteiger partial charge < -0.3 is 5.73 Å². The molecule has 16 heavy (non-hydrogen) atoms. The lowest BCUT2D eigenvalue weighted by Crippen LogP contribution is -1.89. The first-order valence-electron chi connectivity index (χ1n) is 4.77. The van der Waals surface area contributed by atoms with E-state index >= 15 is 0 Å². The number of aromatic nitrogens is 2. The Morgan fingerprint density at radius 1 is 1.19 bits per heavy atom. The highest BCUT2D eigenvalue weighted by Gasteiger charge is 2.09. The van der Waals surface area contributed by atoms with E-state index in [4.69, 9.17) is 5.73 Å². The SMILES string of the molecule is CSc1ccc(-c2cn[nH]c2N)c(SC)c1. The molecule has 0 aliphatic carbocycles. The Labute approximate surface area is 103 Å². The molecule has 0 bridgehead atoms. The standard InChI is InChI=1S/C11H13N3S2/c1-15-7-3-4-8(10(5-7)16-2)9-6-13-14-11(9)12/h3-6H,1-2H3,(H3,12,13,14). The topological polar surface area (TPSA) is 54.7 Å². The molecule has 84 valence electrons. The minimum Gasteiger partial charge on any atom is -0.384 e. The molecule has 2 aromatic rings. The van der Waals surface area contributed by atoms with Gasteiger partial charge >= 0.3 is 0 Å². The first kappa shape index (κ1) is 11.4. The summed E-state index contributed by atoms with van der Waals surface area (Å²) in [5, 5.41) is 6.71. The second-order valence-electron chi connectivity index (χ2n) is 3.26. The van der Waals surface area contributed by atoms with Crippen molar-refractivity contribution < 1.29 is 0 Å². The van der Waals surface area contributed by atoms with Crippen LogP contribution in [0.3, 0.4) is 0 Å². The zero-order valence-electron chi connectivity index (χ0n) is 9.15. The van der Waals surface area contributed by atoms with Gasteiger partial charge in [-0.15, -0.1) is 23.5 Å². The first-order chi connectivity index (χ1) is 7.76. The minimum atomic E-state index is 0.618. The van der Waals surface area contributed by atoms with Crippen LogP contribution < -0.4 is 5.73 Å². The number of nitrogens with two attached hydrogens (primary N) is 1. The van der Waals surface area contributed by atoms with Crippen LogP contribution in [0.2, 0.25) is 0 Å². The van der Waals surface area contributed by atoms with Crippen LogP contribution in [-0.2, 0) is 0 Å². The predicted octanol–water partition coefficient (Wildman–Crippen LogP) is 3.10. The van der Waals surface area contributed by atoms with E-state index in [1.807, 2.05) is 0 Å². The summed E-state index contributed by atoms with van der Waals surface area (Å²) in [7, 11) is 0. The molecule has 0 unspecified atom stereocenters. The summed E-state index contributed by atoms with van der Waals surface area (Å²) >= 11 is 3.46. The van der Waals surface area contributed by atoms with Crippen molar-refractivity contribution in [3.05, 3.63) is 24.4 Å². The number of hydrogen-bond acceptors (Lipinski definition) is 4. The molecule has 0 radical (unpaired) electrons. The number of rotatable bonds is 3.